The number of carbonyl (C=O) groups excluding carboxylic acids is 2. The van der Waals surface area contributed by atoms with Gasteiger partial charge in [0.1, 0.15) is 4.88 Å². The van der Waals surface area contributed by atoms with E-state index in [4.69, 9.17) is 10.5 Å². The maximum absolute atomic E-state index is 11.7. The summed E-state index contributed by atoms with van der Waals surface area (Å²) in [5.41, 5.74) is 7.56. The van der Waals surface area contributed by atoms with Crippen molar-refractivity contribution < 1.29 is 19.1 Å². The fourth-order valence-electron chi connectivity index (χ4n) is 1.81. The minimum Gasteiger partial charge on any atom is -0.469 e. The van der Waals surface area contributed by atoms with Crippen molar-refractivity contribution in [3.63, 3.8) is 0 Å². The number of aromatic nitrogens is 1. The molecule has 6 nitrogen and oxygen atoms in total. The molecular formula is C14H14N2O4S. The van der Waals surface area contributed by atoms with Crippen molar-refractivity contribution in [1.29, 1.82) is 0 Å². The maximum atomic E-state index is 11.7. The number of hydrogen-bond donors (Lipinski definition) is 1. The topological polar surface area (TPSA) is 91.5 Å². The Labute approximate surface area is 125 Å². The third-order valence-electron chi connectivity index (χ3n) is 2.82. The molecule has 0 aromatic carbocycles. The summed E-state index contributed by atoms with van der Waals surface area (Å²) in [7, 11) is 2.61. The number of nitrogens with two attached hydrogens (primary N) is 1. The third-order valence-corrected chi connectivity index (χ3v) is 3.94. The number of rotatable bonds is 4. The number of ether oxygens (including phenoxy) is 2. The Bertz CT molecular complexity index is 681. The second-order valence-electron chi connectivity index (χ2n) is 4.13. The molecule has 2 heterocycles. The predicted octanol–water partition coefficient (Wildman–Crippen LogP) is 1.89. The third kappa shape index (κ3) is 3.19. The van der Waals surface area contributed by atoms with Crippen molar-refractivity contribution >= 4 is 29.0 Å². The monoisotopic (exact) mass is 306 g/mol. The van der Waals surface area contributed by atoms with Crippen molar-refractivity contribution in [1.82, 2.24) is 4.98 Å². The first-order valence-electron chi connectivity index (χ1n) is 6.05. The molecular weight excluding hydrogens is 292 g/mol. The molecule has 0 fully saturated rings. The molecule has 0 saturated heterocycles. The number of anilines is 1. The Morgan fingerprint density at radius 1 is 1.33 bits per heavy atom. The molecule has 0 saturated carbocycles. The molecule has 110 valence electrons. The van der Waals surface area contributed by atoms with Crippen LogP contribution in [0.4, 0.5) is 5.69 Å². The molecule has 0 radical (unpaired) electrons. The van der Waals surface area contributed by atoms with Crippen LogP contribution in [0.25, 0.3) is 11.3 Å². The van der Waals surface area contributed by atoms with E-state index in [1.165, 1.54) is 25.6 Å². The van der Waals surface area contributed by atoms with Gasteiger partial charge in [-0.1, -0.05) is 0 Å². The second kappa shape index (κ2) is 6.36. The largest absolute Gasteiger partial charge is 0.469 e. The second-order valence-corrected chi connectivity index (χ2v) is 5.27. The lowest BCUT2D eigenvalue weighted by atomic mass is 10.1. The van der Waals surface area contributed by atoms with Crippen LogP contribution < -0.4 is 5.73 Å². The van der Waals surface area contributed by atoms with E-state index in [1.807, 2.05) is 0 Å². The lowest BCUT2D eigenvalue weighted by Gasteiger charge is -2.05. The first kappa shape index (κ1) is 15.0. The van der Waals surface area contributed by atoms with Gasteiger partial charge >= 0.3 is 11.9 Å². The molecule has 21 heavy (non-hydrogen) atoms. The normalized spacial score (nSPS) is 10.2. The van der Waals surface area contributed by atoms with Gasteiger partial charge < -0.3 is 15.2 Å². The van der Waals surface area contributed by atoms with Gasteiger partial charge in [0.05, 0.1) is 32.0 Å². The lowest BCUT2D eigenvalue weighted by molar-refractivity contribution is -0.139. The van der Waals surface area contributed by atoms with Gasteiger partial charge in [0.2, 0.25) is 0 Å². The van der Waals surface area contributed by atoms with E-state index >= 15 is 0 Å². The Morgan fingerprint density at radius 3 is 2.71 bits per heavy atom. The number of pyridine rings is 1. The summed E-state index contributed by atoms with van der Waals surface area (Å²) in [5, 5.41) is 0. The lowest BCUT2D eigenvalue weighted by Crippen LogP contribution is -2.04. The summed E-state index contributed by atoms with van der Waals surface area (Å²) in [6.45, 7) is 0. The quantitative estimate of drug-likeness (QED) is 0.867. The highest BCUT2D eigenvalue weighted by molar-refractivity contribution is 7.14. The first-order valence-corrected chi connectivity index (χ1v) is 6.87. The summed E-state index contributed by atoms with van der Waals surface area (Å²) in [6, 6.07) is 5.06. The van der Waals surface area contributed by atoms with E-state index in [2.05, 4.69) is 9.72 Å². The number of hydrogen-bond acceptors (Lipinski definition) is 7. The smallest absolute Gasteiger partial charge is 0.348 e. The molecule has 2 aromatic rings. The van der Waals surface area contributed by atoms with Crippen LogP contribution in [0.1, 0.15) is 14.5 Å². The highest BCUT2D eigenvalue weighted by Gasteiger charge is 2.20. The average Bonchev–Trinajstić information content (AvgIpc) is 2.90. The number of nitrogens with zero attached hydrogens (tertiary/aromatic N) is 1. The molecule has 7 heteroatoms. The Hall–Kier alpha value is -2.41. The standard InChI is InChI=1S/C14H14N2O4S/c1-19-12(17)7-10-8(6-11(21-10)14(18)20-2)13-9(15)4-3-5-16-13/h3-6H,7,15H2,1-2H3. The highest BCUT2D eigenvalue weighted by Crippen LogP contribution is 2.34. The van der Waals surface area contributed by atoms with Gasteiger partial charge in [-0.15, -0.1) is 11.3 Å². The van der Waals surface area contributed by atoms with Gasteiger partial charge in [-0.25, -0.2) is 4.79 Å². The van der Waals surface area contributed by atoms with Gasteiger partial charge in [-0.05, 0) is 18.2 Å². The van der Waals surface area contributed by atoms with Crippen LogP contribution >= 0.6 is 11.3 Å². The zero-order valence-electron chi connectivity index (χ0n) is 11.6. The summed E-state index contributed by atoms with van der Waals surface area (Å²) in [4.78, 5) is 28.4. The number of nitrogen functional groups attached to an aromatic ring is 1. The van der Waals surface area contributed by atoms with Crippen molar-refractivity contribution in [2.45, 2.75) is 6.42 Å². The summed E-state index contributed by atoms with van der Waals surface area (Å²) < 4.78 is 9.38. The SMILES string of the molecule is COC(=O)Cc1sc(C(=O)OC)cc1-c1ncccc1N. The fraction of sp³-hybridized carbons (Fsp3) is 0.214. The minimum absolute atomic E-state index is 0.0451. The number of esters is 2. The van der Waals surface area contributed by atoms with E-state index in [9.17, 15) is 9.59 Å². The Balaban J connectivity index is 2.52. The number of methoxy groups -OCH3 is 2. The van der Waals surface area contributed by atoms with E-state index in [-0.39, 0.29) is 6.42 Å². The molecule has 0 atom stereocenters. The predicted molar refractivity (Wildman–Crippen MR) is 79.0 cm³/mol. The zero-order chi connectivity index (χ0) is 15.4. The van der Waals surface area contributed by atoms with Crippen LogP contribution in [0.3, 0.4) is 0 Å². The summed E-state index contributed by atoms with van der Waals surface area (Å²) in [5.74, 6) is -0.865. The van der Waals surface area contributed by atoms with E-state index in [1.54, 1.807) is 24.4 Å². The van der Waals surface area contributed by atoms with Crippen LogP contribution in [0, 0.1) is 0 Å². The molecule has 2 rings (SSSR count). The van der Waals surface area contributed by atoms with Crippen molar-refractivity contribution in [2.24, 2.45) is 0 Å². The molecule has 0 amide bonds. The number of thiophene rings is 1. The Kier molecular flexibility index (Phi) is 4.54. The first-order chi connectivity index (χ1) is 10.1. The molecule has 0 aliphatic heterocycles. The maximum Gasteiger partial charge on any atom is 0.348 e. The van der Waals surface area contributed by atoms with E-state index in [0.29, 0.717) is 26.7 Å². The summed E-state index contributed by atoms with van der Waals surface area (Å²) >= 11 is 1.17. The van der Waals surface area contributed by atoms with Gasteiger partial charge in [-0.3, -0.25) is 9.78 Å². The van der Waals surface area contributed by atoms with Crippen molar-refractivity contribution in [2.75, 3.05) is 20.0 Å². The molecule has 0 unspecified atom stereocenters. The van der Waals surface area contributed by atoms with E-state index < -0.39 is 11.9 Å². The summed E-state index contributed by atoms with van der Waals surface area (Å²) in [6.07, 6.45) is 1.65. The van der Waals surface area contributed by atoms with Crippen molar-refractivity contribution in [3.8, 4) is 11.3 Å². The zero-order valence-corrected chi connectivity index (χ0v) is 12.4. The number of carbonyl (C=O) groups is 2. The van der Waals surface area contributed by atoms with Crippen LogP contribution in [0.5, 0.6) is 0 Å². The van der Waals surface area contributed by atoms with Crippen LogP contribution in [-0.4, -0.2) is 31.1 Å². The van der Waals surface area contributed by atoms with Gasteiger partial charge in [-0.2, -0.15) is 0 Å². The van der Waals surface area contributed by atoms with Crippen molar-refractivity contribution in [3.05, 3.63) is 34.2 Å². The fourth-order valence-corrected chi connectivity index (χ4v) is 2.87. The Morgan fingerprint density at radius 2 is 2.10 bits per heavy atom. The van der Waals surface area contributed by atoms with E-state index in [0.717, 1.165) is 0 Å². The molecule has 2 N–H and O–H groups in total. The molecule has 2 aromatic heterocycles. The van der Waals surface area contributed by atoms with Crippen LogP contribution in [0.2, 0.25) is 0 Å². The minimum atomic E-state index is -0.466. The molecule has 0 aliphatic carbocycles. The molecule has 0 bridgehead atoms. The average molecular weight is 306 g/mol. The van der Waals surface area contributed by atoms with Crippen LogP contribution in [-0.2, 0) is 20.7 Å². The van der Waals surface area contributed by atoms with Gasteiger partial charge in [0.15, 0.2) is 0 Å². The highest BCUT2D eigenvalue weighted by atomic mass is 32.1. The molecule has 0 spiro atoms. The molecule has 0 aliphatic rings. The van der Waals surface area contributed by atoms with Gasteiger partial charge in [0, 0.05) is 16.6 Å². The van der Waals surface area contributed by atoms with Gasteiger partial charge in [0.25, 0.3) is 0 Å². The van der Waals surface area contributed by atoms with Crippen LogP contribution in [0.15, 0.2) is 24.4 Å².